The Kier molecular flexibility index (Phi) is 4.20. The van der Waals surface area contributed by atoms with Crippen molar-refractivity contribution < 1.29 is 19.1 Å². The van der Waals surface area contributed by atoms with Gasteiger partial charge in [-0.3, -0.25) is 14.4 Å². The highest BCUT2D eigenvalue weighted by atomic mass is 32.2. The Morgan fingerprint density at radius 2 is 1.73 bits per heavy atom. The maximum atomic E-state index is 12.4. The Balaban J connectivity index is 1.77. The summed E-state index contributed by atoms with van der Waals surface area (Å²) in [5.74, 6) is -0.879. The van der Waals surface area contributed by atoms with Crippen LogP contribution in [0.4, 0.5) is 0 Å². The standard InChI is InChI=1S/C16H17NO4S/c1-10(18)21-13-8-4-5-9-14(13)22-17-15(19)11-6-2-3-7-12(11)16(17)20/h2-3,6-7,13-14H,4-5,8-9H2,1H3. The minimum Gasteiger partial charge on any atom is -0.461 e. The highest BCUT2D eigenvalue weighted by Crippen LogP contribution is 2.37. The van der Waals surface area contributed by atoms with E-state index in [2.05, 4.69) is 0 Å². The first-order valence-corrected chi connectivity index (χ1v) is 8.23. The molecular weight excluding hydrogens is 302 g/mol. The van der Waals surface area contributed by atoms with Gasteiger partial charge in [0.25, 0.3) is 11.8 Å². The zero-order valence-electron chi connectivity index (χ0n) is 12.3. The molecule has 0 aromatic heterocycles. The van der Waals surface area contributed by atoms with Crippen molar-refractivity contribution in [2.24, 2.45) is 0 Å². The summed E-state index contributed by atoms with van der Waals surface area (Å²) < 4.78 is 6.57. The molecule has 0 N–H and O–H groups in total. The number of carbonyl (C=O) groups is 3. The van der Waals surface area contributed by atoms with Crippen LogP contribution in [0.3, 0.4) is 0 Å². The van der Waals surface area contributed by atoms with Gasteiger partial charge in [0, 0.05) is 6.92 Å². The minimum absolute atomic E-state index is 0.0557. The monoisotopic (exact) mass is 319 g/mol. The second kappa shape index (κ2) is 6.12. The van der Waals surface area contributed by atoms with Crippen LogP contribution in [0.5, 0.6) is 0 Å². The highest BCUT2D eigenvalue weighted by molar-refractivity contribution is 7.98. The average molecular weight is 319 g/mol. The summed E-state index contributed by atoms with van der Waals surface area (Å²) in [5, 5.41) is -0.0557. The van der Waals surface area contributed by atoms with Crippen molar-refractivity contribution in [1.82, 2.24) is 4.31 Å². The first kappa shape index (κ1) is 15.1. The van der Waals surface area contributed by atoms with Gasteiger partial charge in [0.15, 0.2) is 0 Å². The lowest BCUT2D eigenvalue weighted by Gasteiger charge is -2.31. The Morgan fingerprint density at radius 1 is 1.14 bits per heavy atom. The maximum Gasteiger partial charge on any atom is 0.302 e. The van der Waals surface area contributed by atoms with Gasteiger partial charge in [-0.25, -0.2) is 4.31 Å². The van der Waals surface area contributed by atoms with E-state index in [1.165, 1.54) is 23.2 Å². The summed E-state index contributed by atoms with van der Waals surface area (Å²) in [7, 11) is 0. The smallest absolute Gasteiger partial charge is 0.302 e. The Morgan fingerprint density at radius 3 is 2.32 bits per heavy atom. The van der Waals surface area contributed by atoms with Crippen molar-refractivity contribution in [3.63, 3.8) is 0 Å². The summed E-state index contributed by atoms with van der Waals surface area (Å²) >= 11 is 1.21. The van der Waals surface area contributed by atoms with Gasteiger partial charge in [-0.05, 0) is 43.3 Å². The number of imide groups is 1. The number of carbonyl (C=O) groups excluding carboxylic acids is 3. The summed E-state index contributed by atoms with van der Waals surface area (Å²) in [4.78, 5) is 36.0. The minimum atomic E-state index is -0.320. The molecule has 1 aliphatic carbocycles. The average Bonchev–Trinajstić information content (AvgIpc) is 2.74. The van der Waals surface area contributed by atoms with E-state index < -0.39 is 0 Å². The number of hydrogen-bond donors (Lipinski definition) is 0. The fourth-order valence-electron chi connectivity index (χ4n) is 2.93. The topological polar surface area (TPSA) is 63.7 Å². The molecule has 1 saturated carbocycles. The second-order valence-electron chi connectivity index (χ2n) is 5.53. The van der Waals surface area contributed by atoms with Crippen LogP contribution in [0.1, 0.15) is 53.3 Å². The van der Waals surface area contributed by atoms with Gasteiger partial charge >= 0.3 is 5.97 Å². The van der Waals surface area contributed by atoms with Crippen LogP contribution in [-0.2, 0) is 9.53 Å². The van der Waals surface area contributed by atoms with Gasteiger partial charge in [-0.2, -0.15) is 0 Å². The normalized spacial score (nSPS) is 24.3. The molecule has 0 radical (unpaired) electrons. The van der Waals surface area contributed by atoms with Crippen molar-refractivity contribution >= 4 is 29.7 Å². The van der Waals surface area contributed by atoms with Gasteiger partial charge in [-0.15, -0.1) is 0 Å². The Hall–Kier alpha value is -1.82. The van der Waals surface area contributed by atoms with E-state index in [9.17, 15) is 14.4 Å². The number of amides is 2. The third-order valence-electron chi connectivity index (χ3n) is 3.96. The zero-order chi connectivity index (χ0) is 15.7. The Labute approximate surface area is 133 Å². The molecule has 2 unspecified atom stereocenters. The summed E-state index contributed by atoms with van der Waals surface area (Å²) in [6, 6.07) is 6.84. The molecule has 1 heterocycles. The molecule has 5 nitrogen and oxygen atoms in total. The van der Waals surface area contributed by atoms with Gasteiger partial charge in [0.1, 0.15) is 6.10 Å². The van der Waals surface area contributed by atoms with E-state index in [1.54, 1.807) is 24.3 Å². The molecule has 1 aromatic carbocycles. The van der Waals surface area contributed by atoms with Crippen LogP contribution in [0.2, 0.25) is 0 Å². The van der Waals surface area contributed by atoms with Crippen LogP contribution in [0.25, 0.3) is 0 Å². The van der Waals surface area contributed by atoms with E-state index in [-0.39, 0.29) is 29.1 Å². The molecule has 1 aliphatic heterocycles. The Bertz CT molecular complexity index is 595. The maximum absolute atomic E-state index is 12.4. The number of fused-ring (bicyclic) bond motifs is 1. The van der Waals surface area contributed by atoms with E-state index in [0.29, 0.717) is 11.1 Å². The molecule has 1 aromatic rings. The number of hydrogen-bond acceptors (Lipinski definition) is 5. The molecule has 2 amide bonds. The lowest BCUT2D eigenvalue weighted by atomic mass is 9.97. The van der Waals surface area contributed by atoms with Crippen LogP contribution in [-0.4, -0.2) is 33.4 Å². The number of esters is 1. The van der Waals surface area contributed by atoms with Crippen molar-refractivity contribution in [3.8, 4) is 0 Å². The van der Waals surface area contributed by atoms with E-state index >= 15 is 0 Å². The quantitative estimate of drug-likeness (QED) is 0.487. The van der Waals surface area contributed by atoms with Gasteiger partial charge in [0.2, 0.25) is 0 Å². The van der Waals surface area contributed by atoms with Crippen molar-refractivity contribution in [3.05, 3.63) is 35.4 Å². The number of nitrogens with zero attached hydrogens (tertiary/aromatic N) is 1. The van der Waals surface area contributed by atoms with E-state index in [1.807, 2.05) is 0 Å². The molecule has 2 atom stereocenters. The fraction of sp³-hybridized carbons (Fsp3) is 0.438. The van der Waals surface area contributed by atoms with Crippen LogP contribution in [0, 0.1) is 0 Å². The predicted molar refractivity (Wildman–Crippen MR) is 82.3 cm³/mol. The lowest BCUT2D eigenvalue weighted by Crippen LogP contribution is -2.36. The molecule has 6 heteroatoms. The molecule has 1 fully saturated rings. The predicted octanol–water partition coefficient (Wildman–Crippen LogP) is 2.81. The zero-order valence-corrected chi connectivity index (χ0v) is 13.1. The summed E-state index contributed by atoms with van der Waals surface area (Å²) in [6.45, 7) is 1.39. The number of ether oxygens (including phenoxy) is 1. The third kappa shape index (κ3) is 2.75. The third-order valence-corrected chi connectivity index (χ3v) is 5.31. The number of benzene rings is 1. The fourth-order valence-corrected chi connectivity index (χ4v) is 4.19. The van der Waals surface area contributed by atoms with E-state index in [0.717, 1.165) is 25.7 Å². The van der Waals surface area contributed by atoms with Crippen LogP contribution < -0.4 is 0 Å². The van der Waals surface area contributed by atoms with Gasteiger partial charge in [-0.1, -0.05) is 18.6 Å². The van der Waals surface area contributed by atoms with Crippen molar-refractivity contribution in [2.75, 3.05) is 0 Å². The molecule has 2 aliphatic rings. The first-order chi connectivity index (χ1) is 10.6. The summed E-state index contributed by atoms with van der Waals surface area (Å²) in [5.41, 5.74) is 0.889. The molecule has 3 rings (SSSR count). The van der Waals surface area contributed by atoms with Crippen LogP contribution in [0.15, 0.2) is 24.3 Å². The largest absolute Gasteiger partial charge is 0.461 e. The van der Waals surface area contributed by atoms with Gasteiger partial charge in [0.05, 0.1) is 16.4 Å². The molecule has 0 spiro atoms. The molecule has 22 heavy (non-hydrogen) atoms. The molecule has 0 bridgehead atoms. The SMILES string of the molecule is CC(=O)OC1CCCCC1SN1C(=O)c2ccccc2C1=O. The van der Waals surface area contributed by atoms with Gasteiger partial charge < -0.3 is 4.74 Å². The highest BCUT2D eigenvalue weighted by Gasteiger charge is 2.40. The van der Waals surface area contributed by atoms with Crippen molar-refractivity contribution in [1.29, 1.82) is 0 Å². The molecular formula is C16H17NO4S. The van der Waals surface area contributed by atoms with Crippen LogP contribution >= 0.6 is 11.9 Å². The van der Waals surface area contributed by atoms with E-state index in [4.69, 9.17) is 4.74 Å². The first-order valence-electron chi connectivity index (χ1n) is 7.39. The number of rotatable bonds is 3. The molecule has 116 valence electrons. The lowest BCUT2D eigenvalue weighted by molar-refractivity contribution is -0.147. The summed E-state index contributed by atoms with van der Waals surface area (Å²) in [6.07, 6.45) is 3.38. The second-order valence-corrected chi connectivity index (χ2v) is 6.71. The molecule has 0 saturated heterocycles. The van der Waals surface area contributed by atoms with Crippen molar-refractivity contribution in [2.45, 2.75) is 44.0 Å².